The van der Waals surface area contributed by atoms with E-state index < -0.39 is 5.97 Å². The maximum absolute atomic E-state index is 11.5. The quantitative estimate of drug-likeness (QED) is 0.720. The first-order valence-electron chi connectivity index (χ1n) is 9.52. The summed E-state index contributed by atoms with van der Waals surface area (Å²) in [7, 11) is 0. The largest absolute Gasteiger partial charge is 0.478 e. The third-order valence-electron chi connectivity index (χ3n) is 5.16. The molecule has 1 aromatic carbocycles. The molecule has 4 rings (SSSR count). The monoisotopic (exact) mass is 377 g/mol. The van der Waals surface area contributed by atoms with Gasteiger partial charge in [0.25, 0.3) is 0 Å². The van der Waals surface area contributed by atoms with Crippen molar-refractivity contribution in [3.05, 3.63) is 71.5 Å². The molecule has 1 saturated heterocycles. The molecule has 3 heterocycles. The fourth-order valence-electron chi connectivity index (χ4n) is 3.83. The first-order chi connectivity index (χ1) is 13.6. The lowest BCUT2D eigenvalue weighted by Crippen LogP contribution is -2.34. The SMILES string of the molecule is Cc1cncc(C2CCCN(Cc3ccc(-c4ccccc4C(=O)O)o3)C2)n1. The zero-order valence-corrected chi connectivity index (χ0v) is 15.8. The van der Waals surface area contributed by atoms with Crippen LogP contribution in [0.2, 0.25) is 0 Å². The summed E-state index contributed by atoms with van der Waals surface area (Å²) < 4.78 is 5.99. The Balaban J connectivity index is 1.48. The van der Waals surface area contributed by atoms with Crippen molar-refractivity contribution in [2.24, 2.45) is 0 Å². The number of likely N-dealkylation sites (tertiary alicyclic amines) is 1. The van der Waals surface area contributed by atoms with Crippen LogP contribution in [0.5, 0.6) is 0 Å². The van der Waals surface area contributed by atoms with Gasteiger partial charge in [0, 0.05) is 30.4 Å². The van der Waals surface area contributed by atoms with Crippen LogP contribution >= 0.6 is 0 Å². The molecule has 0 bridgehead atoms. The molecule has 1 aliphatic heterocycles. The molecule has 2 aromatic heterocycles. The standard InChI is InChI=1S/C22H23N3O3/c1-15-11-23-12-20(24-15)16-5-4-10-25(13-16)14-17-8-9-21(28-17)18-6-2-3-7-19(18)22(26)27/h2-3,6-9,11-12,16H,4-5,10,13-14H2,1H3,(H,26,27). The molecule has 1 atom stereocenters. The van der Waals surface area contributed by atoms with Crippen molar-refractivity contribution < 1.29 is 14.3 Å². The number of rotatable bonds is 5. The number of hydrogen-bond donors (Lipinski definition) is 1. The maximum atomic E-state index is 11.5. The Morgan fingerprint density at radius 1 is 1.25 bits per heavy atom. The molecule has 0 amide bonds. The van der Waals surface area contributed by atoms with E-state index in [-0.39, 0.29) is 5.56 Å². The van der Waals surface area contributed by atoms with Crippen molar-refractivity contribution in [3.63, 3.8) is 0 Å². The van der Waals surface area contributed by atoms with Crippen LogP contribution in [0.25, 0.3) is 11.3 Å². The van der Waals surface area contributed by atoms with Gasteiger partial charge in [0.05, 0.1) is 23.5 Å². The van der Waals surface area contributed by atoms with Gasteiger partial charge in [0.15, 0.2) is 0 Å². The number of nitrogens with zero attached hydrogens (tertiary/aromatic N) is 3. The van der Waals surface area contributed by atoms with Crippen molar-refractivity contribution in [2.75, 3.05) is 13.1 Å². The number of aromatic nitrogens is 2. The first kappa shape index (κ1) is 18.4. The smallest absolute Gasteiger partial charge is 0.336 e. The van der Waals surface area contributed by atoms with Crippen LogP contribution in [0, 0.1) is 6.92 Å². The molecule has 3 aromatic rings. The van der Waals surface area contributed by atoms with Crippen molar-refractivity contribution in [1.29, 1.82) is 0 Å². The molecule has 1 aliphatic rings. The highest BCUT2D eigenvalue weighted by molar-refractivity contribution is 5.95. The topological polar surface area (TPSA) is 79.5 Å². The van der Waals surface area contributed by atoms with E-state index in [0.29, 0.717) is 23.8 Å². The Morgan fingerprint density at radius 3 is 2.93 bits per heavy atom. The van der Waals surface area contributed by atoms with Gasteiger partial charge in [-0.05, 0) is 44.5 Å². The van der Waals surface area contributed by atoms with E-state index in [9.17, 15) is 9.90 Å². The minimum absolute atomic E-state index is 0.249. The zero-order chi connectivity index (χ0) is 19.5. The van der Waals surface area contributed by atoms with Crippen LogP contribution in [-0.4, -0.2) is 39.0 Å². The fourth-order valence-corrected chi connectivity index (χ4v) is 3.83. The highest BCUT2D eigenvalue weighted by Crippen LogP contribution is 2.29. The van der Waals surface area contributed by atoms with Crippen LogP contribution in [0.4, 0.5) is 0 Å². The molecule has 144 valence electrons. The van der Waals surface area contributed by atoms with Gasteiger partial charge in [0.1, 0.15) is 11.5 Å². The number of aromatic carboxylic acids is 1. The van der Waals surface area contributed by atoms with Crippen LogP contribution in [0.15, 0.2) is 53.2 Å². The average Bonchev–Trinajstić information content (AvgIpc) is 3.16. The lowest BCUT2D eigenvalue weighted by Gasteiger charge is -2.31. The molecule has 6 nitrogen and oxygen atoms in total. The summed E-state index contributed by atoms with van der Waals surface area (Å²) in [5.74, 6) is 0.854. The van der Waals surface area contributed by atoms with Gasteiger partial charge in [-0.2, -0.15) is 0 Å². The summed E-state index contributed by atoms with van der Waals surface area (Å²) in [5, 5.41) is 9.39. The summed E-state index contributed by atoms with van der Waals surface area (Å²) in [6.07, 6.45) is 5.87. The molecular weight excluding hydrogens is 354 g/mol. The number of piperidine rings is 1. The van der Waals surface area contributed by atoms with Gasteiger partial charge in [-0.1, -0.05) is 18.2 Å². The zero-order valence-electron chi connectivity index (χ0n) is 15.8. The highest BCUT2D eigenvalue weighted by atomic mass is 16.4. The number of carbonyl (C=O) groups is 1. The molecular formula is C22H23N3O3. The molecule has 28 heavy (non-hydrogen) atoms. The number of carboxylic acid groups (broad SMARTS) is 1. The van der Waals surface area contributed by atoms with Gasteiger partial charge in [-0.25, -0.2) is 4.79 Å². The predicted octanol–water partition coefficient (Wildman–Crippen LogP) is 4.12. The maximum Gasteiger partial charge on any atom is 0.336 e. The highest BCUT2D eigenvalue weighted by Gasteiger charge is 2.24. The Morgan fingerprint density at radius 2 is 2.11 bits per heavy atom. The van der Waals surface area contributed by atoms with Crippen LogP contribution in [-0.2, 0) is 6.54 Å². The molecule has 6 heteroatoms. The predicted molar refractivity (Wildman–Crippen MR) is 105 cm³/mol. The third kappa shape index (κ3) is 3.97. The summed E-state index contributed by atoms with van der Waals surface area (Å²) in [4.78, 5) is 22.7. The number of furan rings is 1. The minimum Gasteiger partial charge on any atom is -0.478 e. The normalized spacial score (nSPS) is 17.5. The summed E-state index contributed by atoms with van der Waals surface area (Å²) in [6, 6.07) is 10.7. The molecule has 0 aliphatic carbocycles. The first-order valence-corrected chi connectivity index (χ1v) is 9.52. The number of hydrogen-bond acceptors (Lipinski definition) is 5. The Bertz CT molecular complexity index is 982. The lowest BCUT2D eigenvalue weighted by molar-refractivity contribution is 0.0697. The van der Waals surface area contributed by atoms with Gasteiger partial charge in [-0.3, -0.25) is 14.9 Å². The molecule has 0 radical (unpaired) electrons. The molecule has 1 unspecified atom stereocenters. The Labute approximate surface area is 163 Å². The van der Waals surface area contributed by atoms with E-state index in [2.05, 4.69) is 14.9 Å². The van der Waals surface area contributed by atoms with E-state index >= 15 is 0 Å². The molecule has 0 saturated carbocycles. The molecule has 1 fully saturated rings. The number of carboxylic acids is 1. The lowest BCUT2D eigenvalue weighted by atomic mass is 9.95. The average molecular weight is 377 g/mol. The van der Waals surface area contributed by atoms with Crippen LogP contribution in [0.3, 0.4) is 0 Å². The van der Waals surface area contributed by atoms with Crippen molar-refractivity contribution >= 4 is 5.97 Å². The summed E-state index contributed by atoms with van der Waals surface area (Å²) >= 11 is 0. The van der Waals surface area contributed by atoms with Crippen LogP contribution in [0.1, 0.15) is 46.3 Å². The van der Waals surface area contributed by atoms with Crippen molar-refractivity contribution in [2.45, 2.75) is 32.2 Å². The van der Waals surface area contributed by atoms with E-state index in [1.54, 1.807) is 24.4 Å². The van der Waals surface area contributed by atoms with Gasteiger partial charge >= 0.3 is 5.97 Å². The second-order valence-corrected chi connectivity index (χ2v) is 7.28. The number of aryl methyl sites for hydroxylation is 1. The minimum atomic E-state index is -0.952. The molecule has 1 N–H and O–H groups in total. The fraction of sp³-hybridized carbons (Fsp3) is 0.318. The van der Waals surface area contributed by atoms with E-state index in [0.717, 1.165) is 43.1 Å². The second-order valence-electron chi connectivity index (χ2n) is 7.28. The van der Waals surface area contributed by atoms with Gasteiger partial charge in [-0.15, -0.1) is 0 Å². The Kier molecular flexibility index (Phi) is 5.21. The van der Waals surface area contributed by atoms with Gasteiger partial charge < -0.3 is 9.52 Å². The van der Waals surface area contributed by atoms with E-state index in [1.165, 1.54) is 0 Å². The van der Waals surface area contributed by atoms with E-state index in [1.807, 2.05) is 31.3 Å². The third-order valence-corrected chi connectivity index (χ3v) is 5.16. The second kappa shape index (κ2) is 7.94. The van der Waals surface area contributed by atoms with Gasteiger partial charge in [0.2, 0.25) is 0 Å². The van der Waals surface area contributed by atoms with Crippen molar-refractivity contribution in [1.82, 2.24) is 14.9 Å². The summed E-state index contributed by atoms with van der Waals surface area (Å²) in [6.45, 7) is 4.60. The Hall–Kier alpha value is -2.99. The van der Waals surface area contributed by atoms with Crippen molar-refractivity contribution in [3.8, 4) is 11.3 Å². The van der Waals surface area contributed by atoms with Crippen LogP contribution < -0.4 is 0 Å². The van der Waals surface area contributed by atoms with E-state index in [4.69, 9.17) is 4.42 Å². The molecule has 0 spiro atoms. The summed E-state index contributed by atoms with van der Waals surface area (Å²) in [5.41, 5.74) is 2.86. The number of benzene rings is 1.